The van der Waals surface area contributed by atoms with Gasteiger partial charge in [-0.25, -0.2) is 4.52 Å². The van der Waals surface area contributed by atoms with E-state index in [9.17, 15) is 0 Å². The van der Waals surface area contributed by atoms with Crippen LogP contribution in [0.4, 0.5) is 5.95 Å². The largest absolute Gasteiger partial charge is 0.345 e. The Kier molecular flexibility index (Phi) is 4.03. The topological polar surface area (TPSA) is 42.2 Å². The lowest BCUT2D eigenvalue weighted by atomic mass is 10.1. The summed E-state index contributed by atoms with van der Waals surface area (Å²) < 4.78 is 2.73. The molecule has 0 saturated heterocycles. The van der Waals surface area contributed by atoms with Crippen molar-refractivity contribution in [2.24, 2.45) is 0 Å². The van der Waals surface area contributed by atoms with Gasteiger partial charge >= 0.3 is 0 Å². The molecule has 0 saturated carbocycles. The van der Waals surface area contributed by atoms with Crippen molar-refractivity contribution in [3.63, 3.8) is 0 Å². The van der Waals surface area contributed by atoms with Crippen LogP contribution in [-0.4, -0.2) is 14.6 Å². The number of rotatable bonds is 5. The van der Waals surface area contributed by atoms with Crippen molar-refractivity contribution in [3.05, 3.63) is 45.2 Å². The van der Waals surface area contributed by atoms with Crippen LogP contribution in [-0.2, 0) is 0 Å². The van der Waals surface area contributed by atoms with Gasteiger partial charge in [0, 0.05) is 11.1 Å². The number of hydrogen-bond donors (Lipinski definition) is 1. The van der Waals surface area contributed by atoms with Crippen LogP contribution in [0.25, 0.3) is 5.65 Å². The fourth-order valence-corrected chi connectivity index (χ4v) is 3.39. The van der Waals surface area contributed by atoms with Gasteiger partial charge in [0.15, 0.2) is 5.65 Å². The molecule has 3 heterocycles. The average Bonchev–Trinajstić information content (AvgIpc) is 3.07. The maximum absolute atomic E-state index is 4.54. The first kappa shape index (κ1) is 13.6. The van der Waals surface area contributed by atoms with Gasteiger partial charge in [0.05, 0.1) is 10.5 Å². The zero-order chi connectivity index (χ0) is 13.9. The van der Waals surface area contributed by atoms with Crippen LogP contribution in [0, 0.1) is 0 Å². The summed E-state index contributed by atoms with van der Waals surface area (Å²) >= 11 is 5.26. The minimum Gasteiger partial charge on any atom is -0.345 e. The Labute approximate surface area is 130 Å². The number of hydrogen-bond acceptors (Lipinski definition) is 4. The summed E-state index contributed by atoms with van der Waals surface area (Å²) in [6.07, 6.45) is 4.09. The predicted octanol–water partition coefficient (Wildman–Crippen LogP) is 4.51. The van der Waals surface area contributed by atoms with Gasteiger partial charge in [-0.05, 0) is 45.9 Å². The molecule has 0 aliphatic carbocycles. The van der Waals surface area contributed by atoms with E-state index < -0.39 is 0 Å². The molecule has 0 fully saturated rings. The van der Waals surface area contributed by atoms with Gasteiger partial charge in [0.2, 0.25) is 5.95 Å². The smallest absolute Gasteiger partial charge is 0.243 e. The van der Waals surface area contributed by atoms with E-state index in [1.165, 1.54) is 4.88 Å². The summed E-state index contributed by atoms with van der Waals surface area (Å²) in [6, 6.07) is 8.42. The van der Waals surface area contributed by atoms with Crippen LogP contribution in [0.1, 0.15) is 30.7 Å². The van der Waals surface area contributed by atoms with Crippen LogP contribution < -0.4 is 5.32 Å². The van der Waals surface area contributed by atoms with Crippen LogP contribution in [0.5, 0.6) is 0 Å². The van der Waals surface area contributed by atoms with E-state index in [0.717, 1.165) is 23.0 Å². The number of aromatic nitrogens is 3. The maximum Gasteiger partial charge on any atom is 0.243 e. The van der Waals surface area contributed by atoms with E-state index in [1.807, 2.05) is 18.3 Å². The number of fused-ring (bicyclic) bond motifs is 1. The molecule has 1 atom stereocenters. The fraction of sp³-hybridized carbons (Fsp3) is 0.286. The molecule has 0 aromatic carbocycles. The Bertz CT molecular complexity index is 692. The Hall–Kier alpha value is -1.40. The molecule has 1 N–H and O–H groups in total. The van der Waals surface area contributed by atoms with Gasteiger partial charge in [0.25, 0.3) is 0 Å². The SMILES string of the molecule is CCCC(Nc1nc2c(Br)cccn2n1)c1cccs1. The molecular formula is C14H15BrN4S. The van der Waals surface area contributed by atoms with E-state index in [4.69, 9.17) is 0 Å². The highest BCUT2D eigenvalue weighted by Crippen LogP contribution is 2.27. The molecule has 3 aromatic rings. The zero-order valence-corrected chi connectivity index (χ0v) is 13.5. The third kappa shape index (κ3) is 2.71. The molecule has 0 aliphatic rings. The molecule has 0 bridgehead atoms. The number of halogens is 1. The highest BCUT2D eigenvalue weighted by Gasteiger charge is 2.14. The maximum atomic E-state index is 4.54. The number of thiophene rings is 1. The summed E-state index contributed by atoms with van der Waals surface area (Å²) in [5, 5.41) is 10.0. The van der Waals surface area contributed by atoms with Crippen molar-refractivity contribution < 1.29 is 0 Å². The van der Waals surface area contributed by atoms with Crippen molar-refractivity contribution in [1.29, 1.82) is 0 Å². The van der Waals surface area contributed by atoms with Crippen LogP contribution >= 0.6 is 27.3 Å². The third-order valence-corrected chi connectivity index (χ3v) is 4.69. The van der Waals surface area contributed by atoms with Gasteiger partial charge < -0.3 is 5.32 Å². The zero-order valence-electron chi connectivity index (χ0n) is 11.1. The quantitative estimate of drug-likeness (QED) is 0.736. The normalized spacial score (nSPS) is 12.7. The summed E-state index contributed by atoms with van der Waals surface area (Å²) in [6.45, 7) is 2.19. The summed E-state index contributed by atoms with van der Waals surface area (Å²) in [5.41, 5.74) is 0.830. The Morgan fingerprint density at radius 3 is 3.00 bits per heavy atom. The molecule has 3 rings (SSSR count). The highest BCUT2D eigenvalue weighted by molar-refractivity contribution is 9.10. The highest BCUT2D eigenvalue weighted by atomic mass is 79.9. The number of pyridine rings is 1. The Morgan fingerprint density at radius 1 is 1.40 bits per heavy atom. The molecule has 0 radical (unpaired) electrons. The van der Waals surface area contributed by atoms with Crippen LogP contribution in [0.3, 0.4) is 0 Å². The van der Waals surface area contributed by atoms with Gasteiger partial charge in [0.1, 0.15) is 0 Å². The molecule has 6 heteroatoms. The average molecular weight is 351 g/mol. The fourth-order valence-electron chi connectivity index (χ4n) is 2.15. The second-order valence-corrected chi connectivity index (χ2v) is 6.39. The first-order chi connectivity index (χ1) is 9.78. The van der Waals surface area contributed by atoms with E-state index in [-0.39, 0.29) is 6.04 Å². The minimum atomic E-state index is 0.274. The molecule has 20 heavy (non-hydrogen) atoms. The second-order valence-electron chi connectivity index (χ2n) is 4.56. The Morgan fingerprint density at radius 2 is 2.30 bits per heavy atom. The van der Waals surface area contributed by atoms with Crippen molar-refractivity contribution in [3.8, 4) is 0 Å². The number of nitrogens with one attached hydrogen (secondary N) is 1. The van der Waals surface area contributed by atoms with Crippen LogP contribution in [0.15, 0.2) is 40.3 Å². The molecular weight excluding hydrogens is 336 g/mol. The summed E-state index contributed by atoms with van der Waals surface area (Å²) in [5.74, 6) is 0.670. The Balaban J connectivity index is 1.88. The molecule has 4 nitrogen and oxygen atoms in total. The summed E-state index contributed by atoms with van der Waals surface area (Å²) in [7, 11) is 0. The standard InChI is InChI=1S/C14H15BrN4S/c1-2-5-11(12-7-4-9-20-12)16-14-17-13-10(15)6-3-8-19(13)18-14/h3-4,6-9,11H,2,5H2,1H3,(H,16,18). The molecule has 0 spiro atoms. The monoisotopic (exact) mass is 350 g/mol. The first-order valence-corrected chi connectivity index (χ1v) is 8.26. The van der Waals surface area contributed by atoms with Gasteiger partial charge in [-0.2, -0.15) is 4.98 Å². The number of nitrogens with zero attached hydrogens (tertiary/aromatic N) is 3. The van der Waals surface area contributed by atoms with Gasteiger partial charge in [-0.3, -0.25) is 0 Å². The number of anilines is 1. The van der Waals surface area contributed by atoms with Gasteiger partial charge in [-0.15, -0.1) is 16.4 Å². The lowest BCUT2D eigenvalue weighted by Gasteiger charge is -2.14. The molecule has 104 valence electrons. The molecule has 0 amide bonds. The predicted molar refractivity (Wildman–Crippen MR) is 86.3 cm³/mol. The van der Waals surface area contributed by atoms with E-state index in [1.54, 1.807) is 15.9 Å². The van der Waals surface area contributed by atoms with Crippen LogP contribution in [0.2, 0.25) is 0 Å². The minimum absolute atomic E-state index is 0.274. The first-order valence-electron chi connectivity index (χ1n) is 6.58. The summed E-state index contributed by atoms with van der Waals surface area (Å²) in [4.78, 5) is 5.87. The van der Waals surface area contributed by atoms with Crippen molar-refractivity contribution in [1.82, 2.24) is 14.6 Å². The van der Waals surface area contributed by atoms with Crippen molar-refractivity contribution in [2.75, 3.05) is 5.32 Å². The lowest BCUT2D eigenvalue weighted by Crippen LogP contribution is -2.10. The molecule has 1 unspecified atom stereocenters. The second kappa shape index (κ2) is 5.93. The van der Waals surface area contributed by atoms with Crippen molar-refractivity contribution >= 4 is 38.9 Å². The van der Waals surface area contributed by atoms with E-state index in [2.05, 4.69) is 55.8 Å². The van der Waals surface area contributed by atoms with Crippen molar-refractivity contribution in [2.45, 2.75) is 25.8 Å². The van der Waals surface area contributed by atoms with E-state index >= 15 is 0 Å². The van der Waals surface area contributed by atoms with E-state index in [0.29, 0.717) is 5.95 Å². The molecule has 3 aromatic heterocycles. The lowest BCUT2D eigenvalue weighted by molar-refractivity contribution is 0.680. The van der Waals surface area contributed by atoms with Gasteiger partial charge in [-0.1, -0.05) is 19.4 Å². The molecule has 0 aliphatic heterocycles. The third-order valence-electron chi connectivity index (χ3n) is 3.08.